The number of hydrogen-bond donors (Lipinski definition) is 1. The van der Waals surface area contributed by atoms with Crippen molar-refractivity contribution in [2.45, 2.75) is 13.0 Å². The summed E-state index contributed by atoms with van der Waals surface area (Å²) in [6.07, 6.45) is 0.0272. The van der Waals surface area contributed by atoms with E-state index in [0.29, 0.717) is 12.3 Å². The van der Waals surface area contributed by atoms with Crippen LogP contribution in [0.15, 0.2) is 5.16 Å². The Morgan fingerprint density at radius 1 is 1.77 bits per heavy atom. The fourth-order valence-electron chi connectivity index (χ4n) is 1.62. The van der Waals surface area contributed by atoms with E-state index in [1.54, 1.807) is 6.92 Å². The molecule has 0 radical (unpaired) electrons. The minimum atomic E-state index is -0.348. The fourth-order valence-corrected chi connectivity index (χ4v) is 1.62. The Balaban J connectivity index is 2.03. The van der Waals surface area contributed by atoms with Gasteiger partial charge >= 0.3 is 5.97 Å². The Labute approximate surface area is 76.1 Å². The van der Waals surface area contributed by atoms with E-state index in [1.807, 2.05) is 0 Å². The molecule has 13 heavy (non-hydrogen) atoms. The summed E-state index contributed by atoms with van der Waals surface area (Å²) >= 11 is 0. The van der Waals surface area contributed by atoms with E-state index in [4.69, 9.17) is 9.57 Å². The van der Waals surface area contributed by atoms with Crippen LogP contribution in [0, 0.1) is 5.92 Å². The number of ether oxygens (including phenoxy) is 1. The summed E-state index contributed by atoms with van der Waals surface area (Å²) in [5, 5.41) is 6.88. The Morgan fingerprint density at radius 3 is 3.38 bits per heavy atom. The molecule has 2 aliphatic rings. The van der Waals surface area contributed by atoms with Crippen LogP contribution in [0.2, 0.25) is 0 Å². The zero-order chi connectivity index (χ0) is 9.26. The molecule has 5 nitrogen and oxygen atoms in total. The van der Waals surface area contributed by atoms with Crippen molar-refractivity contribution in [2.75, 3.05) is 19.7 Å². The third-order valence-corrected chi connectivity index (χ3v) is 2.28. The molecule has 2 atom stereocenters. The Kier molecular flexibility index (Phi) is 2.18. The zero-order valence-corrected chi connectivity index (χ0v) is 7.45. The van der Waals surface area contributed by atoms with E-state index >= 15 is 0 Å². The Morgan fingerprint density at radius 2 is 2.62 bits per heavy atom. The van der Waals surface area contributed by atoms with Gasteiger partial charge in [0.25, 0.3) is 0 Å². The molecule has 1 fully saturated rings. The smallest absolute Gasteiger partial charge is 0.356 e. The molecule has 2 rings (SSSR count). The summed E-state index contributed by atoms with van der Waals surface area (Å²) in [5.41, 5.74) is 0.428. The fraction of sp³-hybridized carbons (Fsp3) is 0.750. The molecular formula is C8H12N2O3. The second-order valence-electron chi connectivity index (χ2n) is 3.11. The van der Waals surface area contributed by atoms with Crippen molar-refractivity contribution in [1.29, 1.82) is 0 Å². The highest BCUT2D eigenvalue weighted by Crippen LogP contribution is 2.22. The van der Waals surface area contributed by atoms with Crippen molar-refractivity contribution in [1.82, 2.24) is 5.32 Å². The van der Waals surface area contributed by atoms with Gasteiger partial charge in [-0.15, -0.1) is 0 Å². The normalized spacial score (nSPS) is 30.7. The second-order valence-corrected chi connectivity index (χ2v) is 3.11. The first-order valence-electron chi connectivity index (χ1n) is 4.44. The largest absolute Gasteiger partial charge is 0.461 e. The van der Waals surface area contributed by atoms with Gasteiger partial charge in [-0.1, -0.05) is 5.16 Å². The molecule has 0 aromatic carbocycles. The number of nitrogens with one attached hydrogen (secondary N) is 1. The van der Waals surface area contributed by atoms with Crippen LogP contribution in [0.1, 0.15) is 6.92 Å². The van der Waals surface area contributed by atoms with Crippen molar-refractivity contribution in [3.8, 4) is 0 Å². The van der Waals surface area contributed by atoms with Gasteiger partial charge in [-0.3, -0.25) is 0 Å². The molecule has 0 spiro atoms. The average molecular weight is 184 g/mol. The summed E-state index contributed by atoms with van der Waals surface area (Å²) in [4.78, 5) is 16.4. The number of oxime groups is 1. The number of rotatable bonds is 2. The average Bonchev–Trinajstić information content (AvgIpc) is 2.62. The minimum absolute atomic E-state index is 0.0272. The van der Waals surface area contributed by atoms with Crippen molar-refractivity contribution in [3.63, 3.8) is 0 Å². The minimum Gasteiger partial charge on any atom is -0.461 e. The van der Waals surface area contributed by atoms with Gasteiger partial charge in [0.1, 0.15) is 6.10 Å². The predicted octanol–water partition coefficient (Wildman–Crippen LogP) is -0.476. The first-order chi connectivity index (χ1) is 6.33. The van der Waals surface area contributed by atoms with Crippen molar-refractivity contribution in [3.05, 3.63) is 0 Å². The van der Waals surface area contributed by atoms with Crippen LogP contribution in [-0.4, -0.2) is 37.5 Å². The first kappa shape index (κ1) is 8.50. The molecule has 0 saturated carbocycles. The van der Waals surface area contributed by atoms with Crippen LogP contribution in [0.4, 0.5) is 0 Å². The van der Waals surface area contributed by atoms with Gasteiger partial charge in [0.05, 0.1) is 12.5 Å². The lowest BCUT2D eigenvalue weighted by Crippen LogP contribution is -2.28. The molecule has 0 amide bonds. The van der Waals surface area contributed by atoms with E-state index < -0.39 is 0 Å². The van der Waals surface area contributed by atoms with E-state index in [9.17, 15) is 4.79 Å². The van der Waals surface area contributed by atoms with Crippen LogP contribution in [0.5, 0.6) is 0 Å². The maximum Gasteiger partial charge on any atom is 0.356 e. The number of nitrogens with zero attached hydrogens (tertiary/aromatic N) is 1. The molecular weight excluding hydrogens is 172 g/mol. The summed E-state index contributed by atoms with van der Waals surface area (Å²) in [6.45, 7) is 3.67. The topological polar surface area (TPSA) is 59.9 Å². The van der Waals surface area contributed by atoms with Gasteiger partial charge in [-0.2, -0.15) is 0 Å². The lowest BCUT2D eigenvalue weighted by atomic mass is 10.0. The van der Waals surface area contributed by atoms with Gasteiger partial charge in [0, 0.05) is 13.1 Å². The molecule has 5 heteroatoms. The van der Waals surface area contributed by atoms with Crippen molar-refractivity contribution in [2.24, 2.45) is 11.1 Å². The van der Waals surface area contributed by atoms with Gasteiger partial charge in [-0.25, -0.2) is 4.79 Å². The highest BCUT2D eigenvalue weighted by Gasteiger charge is 2.41. The predicted molar refractivity (Wildman–Crippen MR) is 45.3 cm³/mol. The summed E-state index contributed by atoms with van der Waals surface area (Å²) in [5.74, 6) is -0.266. The maximum absolute atomic E-state index is 11.3. The van der Waals surface area contributed by atoms with Crippen LogP contribution >= 0.6 is 0 Å². The van der Waals surface area contributed by atoms with Crippen LogP contribution < -0.4 is 5.32 Å². The van der Waals surface area contributed by atoms with Crippen LogP contribution in [-0.2, 0) is 14.4 Å². The van der Waals surface area contributed by atoms with E-state index in [2.05, 4.69) is 10.5 Å². The highest BCUT2D eigenvalue weighted by atomic mass is 16.6. The van der Waals surface area contributed by atoms with E-state index in [-0.39, 0.29) is 18.0 Å². The molecule has 2 heterocycles. The molecule has 1 saturated heterocycles. The monoisotopic (exact) mass is 184 g/mol. The first-order valence-corrected chi connectivity index (χ1v) is 4.44. The van der Waals surface area contributed by atoms with Crippen molar-refractivity contribution >= 4 is 11.7 Å². The van der Waals surface area contributed by atoms with Crippen LogP contribution in [0.3, 0.4) is 0 Å². The lowest BCUT2D eigenvalue weighted by Gasteiger charge is -2.06. The molecule has 0 aromatic rings. The summed E-state index contributed by atoms with van der Waals surface area (Å²) < 4.78 is 4.86. The maximum atomic E-state index is 11.3. The molecule has 0 unspecified atom stereocenters. The second kappa shape index (κ2) is 3.33. The number of hydrogen-bond acceptors (Lipinski definition) is 5. The Bertz CT molecular complexity index is 252. The van der Waals surface area contributed by atoms with E-state index in [0.717, 1.165) is 13.1 Å². The standard InChI is InChI=1S/C8H12N2O3/c1-2-12-8(11)7-5-3-9-4-6(5)13-10-7/h5-6,9H,2-4H2,1H3/t5-,6+/m1/s1. The number of esters is 1. The van der Waals surface area contributed by atoms with Gasteiger partial charge < -0.3 is 14.9 Å². The zero-order valence-electron chi connectivity index (χ0n) is 7.45. The highest BCUT2D eigenvalue weighted by molar-refractivity contribution is 6.37. The molecule has 1 N–H and O–H groups in total. The number of carbonyl (C=O) groups excluding carboxylic acids is 1. The molecule has 0 bridgehead atoms. The quantitative estimate of drug-likeness (QED) is 0.589. The van der Waals surface area contributed by atoms with Gasteiger partial charge in [0.2, 0.25) is 0 Å². The summed E-state index contributed by atoms with van der Waals surface area (Å²) in [7, 11) is 0. The molecule has 0 aliphatic carbocycles. The number of fused-ring (bicyclic) bond motifs is 1. The third kappa shape index (κ3) is 1.39. The SMILES string of the molecule is CCOC(=O)C1=NO[C@H]2CNC[C@@H]12. The van der Waals surface area contributed by atoms with Gasteiger partial charge in [0.15, 0.2) is 5.71 Å². The van der Waals surface area contributed by atoms with Crippen LogP contribution in [0.25, 0.3) is 0 Å². The number of carbonyl (C=O) groups is 1. The van der Waals surface area contributed by atoms with Gasteiger partial charge in [-0.05, 0) is 6.92 Å². The third-order valence-electron chi connectivity index (χ3n) is 2.28. The molecule has 72 valence electrons. The lowest BCUT2D eigenvalue weighted by molar-refractivity contribution is -0.135. The molecule has 0 aromatic heterocycles. The van der Waals surface area contributed by atoms with E-state index in [1.165, 1.54) is 0 Å². The Hall–Kier alpha value is -1.10. The summed E-state index contributed by atoms with van der Waals surface area (Å²) in [6, 6.07) is 0. The molecule has 2 aliphatic heterocycles. The van der Waals surface area contributed by atoms with Crippen molar-refractivity contribution < 1.29 is 14.4 Å².